The average Bonchev–Trinajstić information content (AvgIpc) is 2.32. The maximum Gasteiger partial charge on any atom is 0.326 e. The molecular weight excluding hydrogens is 264 g/mol. The predicted molar refractivity (Wildman–Crippen MR) is 77.6 cm³/mol. The summed E-state index contributed by atoms with van der Waals surface area (Å²) in [5.74, 6) is -0.0555. The van der Waals surface area contributed by atoms with E-state index in [1.807, 2.05) is 18.7 Å². The Morgan fingerprint density at radius 3 is 2.68 bits per heavy atom. The molecule has 0 aromatic rings. The first-order valence-electron chi connectivity index (χ1n) is 6.78. The third kappa shape index (κ3) is 5.30. The summed E-state index contributed by atoms with van der Waals surface area (Å²) in [5, 5.41) is 11.7. The third-order valence-corrected chi connectivity index (χ3v) is 4.45. The van der Waals surface area contributed by atoms with Gasteiger partial charge in [-0.05, 0) is 20.3 Å². The Morgan fingerprint density at radius 2 is 2.16 bits per heavy atom. The standard InChI is InChI=1S/C13H24N2O3S/c1-4-5-6-10(11(16)17)14-12(18)15-7-8-19-13(2,3)9-15/h10H,4-9H2,1-3H3,(H,14,18)(H,16,17). The number of aliphatic carboxylic acids is 1. The van der Waals surface area contributed by atoms with Crippen molar-refractivity contribution in [1.29, 1.82) is 0 Å². The largest absolute Gasteiger partial charge is 0.480 e. The number of carboxylic acid groups (broad SMARTS) is 1. The monoisotopic (exact) mass is 288 g/mol. The van der Waals surface area contributed by atoms with E-state index in [1.54, 1.807) is 4.90 Å². The topological polar surface area (TPSA) is 69.6 Å². The van der Waals surface area contributed by atoms with Gasteiger partial charge in [-0.2, -0.15) is 11.8 Å². The number of amides is 2. The van der Waals surface area contributed by atoms with E-state index in [0.717, 1.165) is 18.6 Å². The normalized spacial score (nSPS) is 19.8. The lowest BCUT2D eigenvalue weighted by Crippen LogP contribution is -2.53. The lowest BCUT2D eigenvalue weighted by molar-refractivity contribution is -0.139. The van der Waals surface area contributed by atoms with E-state index in [4.69, 9.17) is 5.11 Å². The molecule has 1 atom stereocenters. The molecule has 1 aliphatic rings. The molecule has 6 heteroatoms. The number of rotatable bonds is 5. The summed E-state index contributed by atoms with van der Waals surface area (Å²) in [4.78, 5) is 24.9. The molecule has 2 amide bonds. The van der Waals surface area contributed by atoms with Crippen LogP contribution in [0.15, 0.2) is 0 Å². The van der Waals surface area contributed by atoms with Crippen molar-refractivity contribution in [3.8, 4) is 0 Å². The molecule has 0 saturated carbocycles. The maximum absolute atomic E-state index is 12.1. The number of thioether (sulfide) groups is 1. The van der Waals surface area contributed by atoms with E-state index in [0.29, 0.717) is 19.5 Å². The summed E-state index contributed by atoms with van der Waals surface area (Å²) in [6.45, 7) is 7.54. The molecule has 1 saturated heterocycles. The summed E-state index contributed by atoms with van der Waals surface area (Å²) in [7, 11) is 0. The van der Waals surface area contributed by atoms with Crippen LogP contribution in [0.2, 0.25) is 0 Å². The minimum Gasteiger partial charge on any atom is -0.480 e. The second-order valence-corrected chi connectivity index (χ2v) is 7.31. The van der Waals surface area contributed by atoms with Gasteiger partial charge in [0.2, 0.25) is 0 Å². The number of unbranched alkanes of at least 4 members (excludes halogenated alkanes) is 1. The summed E-state index contributed by atoms with van der Waals surface area (Å²) < 4.78 is 0.0394. The van der Waals surface area contributed by atoms with Crippen molar-refractivity contribution in [2.24, 2.45) is 0 Å². The molecule has 0 aromatic heterocycles. The van der Waals surface area contributed by atoms with Gasteiger partial charge in [-0.15, -0.1) is 0 Å². The molecule has 1 fully saturated rings. The van der Waals surface area contributed by atoms with Gasteiger partial charge >= 0.3 is 12.0 Å². The molecule has 110 valence electrons. The van der Waals surface area contributed by atoms with Crippen LogP contribution in [0.4, 0.5) is 4.79 Å². The summed E-state index contributed by atoms with van der Waals surface area (Å²) >= 11 is 1.84. The number of urea groups is 1. The van der Waals surface area contributed by atoms with Crippen molar-refractivity contribution in [2.45, 2.75) is 50.8 Å². The first-order valence-corrected chi connectivity index (χ1v) is 7.76. The molecule has 2 N–H and O–H groups in total. The molecular formula is C13H24N2O3S. The Labute approximate surface area is 119 Å². The lowest BCUT2D eigenvalue weighted by atomic mass is 10.1. The minimum absolute atomic E-state index is 0.0394. The van der Waals surface area contributed by atoms with E-state index in [2.05, 4.69) is 19.2 Å². The van der Waals surface area contributed by atoms with E-state index in [9.17, 15) is 9.59 Å². The van der Waals surface area contributed by atoms with Crippen LogP contribution in [0.1, 0.15) is 40.0 Å². The van der Waals surface area contributed by atoms with Crippen LogP contribution in [0.25, 0.3) is 0 Å². The molecule has 1 unspecified atom stereocenters. The fourth-order valence-electron chi connectivity index (χ4n) is 2.10. The zero-order chi connectivity index (χ0) is 14.5. The van der Waals surface area contributed by atoms with Crippen LogP contribution < -0.4 is 5.32 Å². The van der Waals surface area contributed by atoms with Crippen molar-refractivity contribution in [3.63, 3.8) is 0 Å². The van der Waals surface area contributed by atoms with Gasteiger partial charge in [-0.25, -0.2) is 9.59 Å². The van der Waals surface area contributed by atoms with Crippen molar-refractivity contribution in [3.05, 3.63) is 0 Å². The fraction of sp³-hybridized carbons (Fsp3) is 0.846. The number of hydrogen-bond acceptors (Lipinski definition) is 3. The van der Waals surface area contributed by atoms with Crippen LogP contribution in [-0.2, 0) is 4.79 Å². The second-order valence-electron chi connectivity index (χ2n) is 5.51. The van der Waals surface area contributed by atoms with E-state index in [-0.39, 0.29) is 10.8 Å². The Bertz CT molecular complexity index is 334. The highest BCUT2D eigenvalue weighted by Crippen LogP contribution is 2.29. The highest BCUT2D eigenvalue weighted by Gasteiger charge is 2.31. The maximum atomic E-state index is 12.1. The van der Waals surface area contributed by atoms with Crippen LogP contribution in [0.3, 0.4) is 0 Å². The fourth-order valence-corrected chi connectivity index (χ4v) is 3.21. The molecule has 0 radical (unpaired) electrons. The van der Waals surface area contributed by atoms with Gasteiger partial charge in [0.05, 0.1) is 0 Å². The second kappa shape index (κ2) is 7.03. The minimum atomic E-state index is -0.951. The molecule has 0 spiro atoms. The number of carbonyl (C=O) groups excluding carboxylic acids is 1. The van der Waals surface area contributed by atoms with Gasteiger partial charge < -0.3 is 15.3 Å². The highest BCUT2D eigenvalue weighted by molar-refractivity contribution is 8.00. The van der Waals surface area contributed by atoms with Crippen molar-refractivity contribution in [2.75, 3.05) is 18.8 Å². The van der Waals surface area contributed by atoms with Gasteiger partial charge in [-0.3, -0.25) is 0 Å². The average molecular weight is 288 g/mol. The Hall–Kier alpha value is -0.910. The van der Waals surface area contributed by atoms with Gasteiger partial charge in [-0.1, -0.05) is 19.8 Å². The van der Waals surface area contributed by atoms with Crippen LogP contribution >= 0.6 is 11.8 Å². The van der Waals surface area contributed by atoms with E-state index in [1.165, 1.54) is 0 Å². The van der Waals surface area contributed by atoms with Gasteiger partial charge in [0.25, 0.3) is 0 Å². The number of hydrogen-bond donors (Lipinski definition) is 2. The molecule has 5 nitrogen and oxygen atoms in total. The van der Waals surface area contributed by atoms with Gasteiger partial charge in [0.1, 0.15) is 6.04 Å². The number of nitrogens with zero attached hydrogens (tertiary/aromatic N) is 1. The molecule has 0 bridgehead atoms. The molecule has 0 aliphatic carbocycles. The predicted octanol–water partition coefficient (Wildman–Crippen LogP) is 2.17. The SMILES string of the molecule is CCCCC(NC(=O)N1CCSC(C)(C)C1)C(=O)O. The molecule has 1 heterocycles. The van der Waals surface area contributed by atoms with Crippen LogP contribution in [0, 0.1) is 0 Å². The molecule has 1 rings (SSSR count). The van der Waals surface area contributed by atoms with Crippen molar-refractivity contribution < 1.29 is 14.7 Å². The summed E-state index contributed by atoms with van der Waals surface area (Å²) in [5.41, 5.74) is 0. The smallest absolute Gasteiger partial charge is 0.326 e. The Balaban J connectivity index is 2.54. The molecule has 19 heavy (non-hydrogen) atoms. The number of carbonyl (C=O) groups is 2. The summed E-state index contributed by atoms with van der Waals surface area (Å²) in [6.07, 6.45) is 2.22. The quantitative estimate of drug-likeness (QED) is 0.813. The number of carboxylic acids is 1. The third-order valence-electron chi connectivity index (χ3n) is 3.16. The zero-order valence-corrected chi connectivity index (χ0v) is 12.8. The Morgan fingerprint density at radius 1 is 1.47 bits per heavy atom. The van der Waals surface area contributed by atoms with Gasteiger partial charge in [0, 0.05) is 23.6 Å². The van der Waals surface area contributed by atoms with Gasteiger partial charge in [0.15, 0.2) is 0 Å². The first kappa shape index (κ1) is 16.1. The van der Waals surface area contributed by atoms with E-state index >= 15 is 0 Å². The molecule has 1 aliphatic heterocycles. The van der Waals surface area contributed by atoms with E-state index < -0.39 is 12.0 Å². The lowest BCUT2D eigenvalue weighted by Gasteiger charge is -2.37. The van der Waals surface area contributed by atoms with Crippen LogP contribution in [0.5, 0.6) is 0 Å². The summed E-state index contributed by atoms with van der Waals surface area (Å²) in [6, 6.07) is -1.03. The van der Waals surface area contributed by atoms with Crippen LogP contribution in [-0.4, -0.2) is 51.6 Å². The van der Waals surface area contributed by atoms with Crippen molar-refractivity contribution in [1.82, 2.24) is 10.2 Å². The molecule has 0 aromatic carbocycles. The van der Waals surface area contributed by atoms with Crippen molar-refractivity contribution >= 4 is 23.8 Å². The number of nitrogens with one attached hydrogen (secondary N) is 1. The zero-order valence-electron chi connectivity index (χ0n) is 11.9. The Kier molecular flexibility index (Phi) is 5.97. The first-order chi connectivity index (χ1) is 8.85. The highest BCUT2D eigenvalue weighted by atomic mass is 32.2.